The maximum absolute atomic E-state index is 7.09. The van der Waals surface area contributed by atoms with Crippen molar-refractivity contribution in [3.05, 3.63) is 0 Å². The summed E-state index contributed by atoms with van der Waals surface area (Å²) in [6.45, 7) is 5.45. The number of rotatable bonds is 3. The predicted octanol–water partition coefficient (Wildman–Crippen LogP) is -0.0183. The van der Waals surface area contributed by atoms with Gasteiger partial charge in [0.1, 0.15) is 0 Å². The largest absolute Gasteiger partial charge is 0.388 e. The smallest absolute Gasteiger partial charge is 0.0918 e. The van der Waals surface area contributed by atoms with Crippen LogP contribution in [0.25, 0.3) is 0 Å². The molecule has 4 nitrogen and oxygen atoms in total. The zero-order chi connectivity index (χ0) is 8.97. The first kappa shape index (κ1) is 12.7. The zero-order valence-corrected chi connectivity index (χ0v) is 8.94. The van der Waals surface area contributed by atoms with Gasteiger partial charge in [-0.1, -0.05) is 0 Å². The highest BCUT2D eigenvalue weighted by molar-refractivity contribution is 5.85. The van der Waals surface area contributed by atoms with Crippen molar-refractivity contribution in [1.82, 2.24) is 9.80 Å². The Kier molecular flexibility index (Phi) is 6.03. The minimum absolute atomic E-state index is 0. The maximum atomic E-state index is 7.09. The molecule has 78 valence electrons. The normalized spacial score (nSPS) is 19.5. The Hall–Kier alpha value is -0.320. The van der Waals surface area contributed by atoms with Gasteiger partial charge in [0.15, 0.2) is 0 Å². The number of nitrogens with one attached hydrogen (secondary N) is 1. The topological polar surface area (TPSA) is 56.4 Å². The fourth-order valence-corrected chi connectivity index (χ4v) is 1.35. The highest BCUT2D eigenvalue weighted by Crippen LogP contribution is 1.99. The molecule has 0 aliphatic carbocycles. The summed E-state index contributed by atoms with van der Waals surface area (Å²) in [6.07, 6.45) is 0.712. The van der Waals surface area contributed by atoms with E-state index in [0.29, 0.717) is 12.3 Å². The summed E-state index contributed by atoms with van der Waals surface area (Å²) in [7, 11) is 2.14. The molecule has 5 heteroatoms. The number of hydrogen-bond donors (Lipinski definition) is 2. The second-order valence-corrected chi connectivity index (χ2v) is 3.42. The average Bonchev–Trinajstić information content (AvgIpc) is 2.03. The summed E-state index contributed by atoms with van der Waals surface area (Å²) in [4.78, 5) is 4.69. The van der Waals surface area contributed by atoms with Gasteiger partial charge >= 0.3 is 0 Å². The van der Waals surface area contributed by atoms with E-state index in [4.69, 9.17) is 11.1 Å². The van der Waals surface area contributed by atoms with E-state index in [1.807, 2.05) is 0 Å². The lowest BCUT2D eigenvalue weighted by atomic mass is 10.3. The molecular weight excluding hydrogens is 188 g/mol. The van der Waals surface area contributed by atoms with Crippen molar-refractivity contribution in [3.63, 3.8) is 0 Å². The minimum Gasteiger partial charge on any atom is -0.388 e. The summed E-state index contributed by atoms with van der Waals surface area (Å²) in [6, 6.07) is 0. The lowest BCUT2D eigenvalue weighted by Gasteiger charge is -2.32. The van der Waals surface area contributed by atoms with Crippen LogP contribution >= 0.6 is 12.4 Å². The number of nitrogens with two attached hydrogens (primary N) is 1. The van der Waals surface area contributed by atoms with E-state index < -0.39 is 0 Å². The second kappa shape index (κ2) is 6.18. The molecular formula is C8H19ClN4. The van der Waals surface area contributed by atoms with Gasteiger partial charge in [-0.25, -0.2) is 0 Å². The van der Waals surface area contributed by atoms with Gasteiger partial charge in [0.05, 0.1) is 5.84 Å². The van der Waals surface area contributed by atoms with E-state index in [9.17, 15) is 0 Å². The molecule has 1 rings (SSSR count). The van der Waals surface area contributed by atoms with Crippen molar-refractivity contribution in [1.29, 1.82) is 5.41 Å². The van der Waals surface area contributed by atoms with Gasteiger partial charge < -0.3 is 15.5 Å². The first-order valence-electron chi connectivity index (χ1n) is 4.42. The standard InChI is InChI=1S/C8H18N4.ClH/c1-11-4-6-12(7-5-11)3-2-8(9)10;/h2-7H2,1H3,(H3,9,10);1H. The molecule has 13 heavy (non-hydrogen) atoms. The molecule has 0 spiro atoms. The van der Waals surface area contributed by atoms with E-state index in [0.717, 1.165) is 32.7 Å². The van der Waals surface area contributed by atoms with E-state index >= 15 is 0 Å². The molecule has 1 saturated heterocycles. The quantitative estimate of drug-likeness (QED) is 0.504. The second-order valence-electron chi connectivity index (χ2n) is 3.42. The molecule has 1 heterocycles. The van der Waals surface area contributed by atoms with Crippen LogP contribution in [0.15, 0.2) is 0 Å². The Bertz CT molecular complexity index is 154. The van der Waals surface area contributed by atoms with Gasteiger partial charge in [-0.2, -0.15) is 0 Å². The van der Waals surface area contributed by atoms with Crippen LogP contribution in [-0.2, 0) is 0 Å². The zero-order valence-electron chi connectivity index (χ0n) is 8.12. The monoisotopic (exact) mass is 206 g/mol. The van der Waals surface area contributed by atoms with E-state index in [1.54, 1.807) is 0 Å². The Balaban J connectivity index is 0.00000144. The Labute approximate surface area is 86.0 Å². The minimum atomic E-state index is 0. The van der Waals surface area contributed by atoms with Gasteiger partial charge in [0.25, 0.3) is 0 Å². The van der Waals surface area contributed by atoms with Crippen LogP contribution in [0.1, 0.15) is 6.42 Å². The van der Waals surface area contributed by atoms with Crippen molar-refractivity contribution in [2.24, 2.45) is 5.73 Å². The maximum Gasteiger partial charge on any atom is 0.0918 e. The van der Waals surface area contributed by atoms with Gasteiger partial charge in [-0.3, -0.25) is 5.41 Å². The fourth-order valence-electron chi connectivity index (χ4n) is 1.35. The Morgan fingerprint density at radius 1 is 1.31 bits per heavy atom. The number of nitrogens with zero attached hydrogens (tertiary/aromatic N) is 2. The highest BCUT2D eigenvalue weighted by atomic mass is 35.5. The van der Waals surface area contributed by atoms with Crippen LogP contribution in [0.2, 0.25) is 0 Å². The van der Waals surface area contributed by atoms with Crippen LogP contribution < -0.4 is 5.73 Å². The van der Waals surface area contributed by atoms with Crippen molar-refractivity contribution in [2.75, 3.05) is 39.8 Å². The van der Waals surface area contributed by atoms with E-state index in [1.165, 1.54) is 0 Å². The summed E-state index contributed by atoms with van der Waals surface area (Å²) >= 11 is 0. The molecule has 1 fully saturated rings. The molecule has 0 aromatic carbocycles. The van der Waals surface area contributed by atoms with Crippen molar-refractivity contribution in [3.8, 4) is 0 Å². The lowest BCUT2D eigenvalue weighted by Crippen LogP contribution is -2.45. The molecule has 1 aliphatic heterocycles. The molecule has 0 saturated carbocycles. The number of likely N-dealkylation sites (N-methyl/N-ethyl adjacent to an activating group) is 1. The van der Waals surface area contributed by atoms with Crippen LogP contribution in [0.3, 0.4) is 0 Å². The number of hydrogen-bond acceptors (Lipinski definition) is 3. The molecule has 0 aromatic heterocycles. The van der Waals surface area contributed by atoms with Crippen LogP contribution in [0, 0.1) is 5.41 Å². The van der Waals surface area contributed by atoms with Crippen molar-refractivity contribution >= 4 is 18.2 Å². The third-order valence-electron chi connectivity index (χ3n) is 2.29. The molecule has 0 amide bonds. The number of halogens is 1. The lowest BCUT2D eigenvalue weighted by molar-refractivity contribution is 0.157. The summed E-state index contributed by atoms with van der Waals surface area (Å²) in [5.41, 5.74) is 5.28. The molecule has 0 aromatic rings. The first-order chi connectivity index (χ1) is 5.68. The van der Waals surface area contributed by atoms with Crippen LogP contribution in [0.4, 0.5) is 0 Å². The van der Waals surface area contributed by atoms with E-state index in [-0.39, 0.29) is 12.4 Å². The number of amidine groups is 1. The molecule has 0 bridgehead atoms. The van der Waals surface area contributed by atoms with Gasteiger partial charge in [0, 0.05) is 39.1 Å². The van der Waals surface area contributed by atoms with E-state index in [2.05, 4.69) is 16.8 Å². The summed E-state index contributed by atoms with van der Waals surface area (Å²) in [5, 5.41) is 7.09. The molecule has 0 atom stereocenters. The van der Waals surface area contributed by atoms with Gasteiger partial charge in [-0.05, 0) is 7.05 Å². The van der Waals surface area contributed by atoms with Crippen molar-refractivity contribution < 1.29 is 0 Å². The fraction of sp³-hybridized carbons (Fsp3) is 0.875. The highest BCUT2D eigenvalue weighted by Gasteiger charge is 2.12. The van der Waals surface area contributed by atoms with Gasteiger partial charge in [-0.15, -0.1) is 12.4 Å². The molecule has 3 N–H and O–H groups in total. The SMILES string of the molecule is CN1CCN(CCC(=N)N)CC1.Cl. The third kappa shape index (κ3) is 5.08. The van der Waals surface area contributed by atoms with Crippen LogP contribution in [-0.4, -0.2) is 55.4 Å². The van der Waals surface area contributed by atoms with Crippen molar-refractivity contribution in [2.45, 2.75) is 6.42 Å². The van der Waals surface area contributed by atoms with Gasteiger partial charge in [0.2, 0.25) is 0 Å². The van der Waals surface area contributed by atoms with Crippen LogP contribution in [0.5, 0.6) is 0 Å². The third-order valence-corrected chi connectivity index (χ3v) is 2.29. The first-order valence-corrected chi connectivity index (χ1v) is 4.42. The average molecular weight is 207 g/mol. The Morgan fingerprint density at radius 2 is 1.85 bits per heavy atom. The predicted molar refractivity (Wildman–Crippen MR) is 57.7 cm³/mol. The molecule has 0 unspecified atom stereocenters. The summed E-state index contributed by atoms with van der Waals surface area (Å²) in [5.74, 6) is 0.300. The molecule has 0 radical (unpaired) electrons. The Morgan fingerprint density at radius 3 is 2.31 bits per heavy atom. The molecule has 1 aliphatic rings. The number of piperazine rings is 1. The summed E-state index contributed by atoms with van der Waals surface area (Å²) < 4.78 is 0.